The highest BCUT2D eigenvalue weighted by Crippen LogP contribution is 2.16. The molecule has 4 heteroatoms. The lowest BCUT2D eigenvalue weighted by atomic mass is 9.95. The molecule has 1 amide bonds. The Morgan fingerprint density at radius 3 is 2.71 bits per heavy atom. The van der Waals surface area contributed by atoms with Crippen molar-refractivity contribution in [2.45, 2.75) is 39.3 Å². The maximum absolute atomic E-state index is 12.2. The summed E-state index contributed by atoms with van der Waals surface area (Å²) in [5.74, 6) is 0.129. The average molecular weight is 289 g/mol. The van der Waals surface area contributed by atoms with Crippen molar-refractivity contribution in [1.82, 2.24) is 15.5 Å². The van der Waals surface area contributed by atoms with Gasteiger partial charge in [0, 0.05) is 13.1 Å². The number of benzene rings is 1. The summed E-state index contributed by atoms with van der Waals surface area (Å²) >= 11 is 0. The molecule has 1 aliphatic rings. The zero-order chi connectivity index (χ0) is 15.1. The third-order valence-corrected chi connectivity index (χ3v) is 4.24. The van der Waals surface area contributed by atoms with Crippen LogP contribution in [0.15, 0.2) is 24.3 Å². The Hall–Kier alpha value is -1.39. The van der Waals surface area contributed by atoms with E-state index in [1.807, 2.05) is 12.1 Å². The molecule has 0 fully saturated rings. The zero-order valence-corrected chi connectivity index (χ0v) is 13.2. The van der Waals surface area contributed by atoms with E-state index in [4.69, 9.17) is 0 Å². The lowest BCUT2D eigenvalue weighted by Crippen LogP contribution is -2.48. The van der Waals surface area contributed by atoms with E-state index < -0.39 is 0 Å². The second-order valence-electron chi connectivity index (χ2n) is 5.58. The van der Waals surface area contributed by atoms with Gasteiger partial charge >= 0.3 is 0 Å². The van der Waals surface area contributed by atoms with Crippen LogP contribution in [0.1, 0.15) is 31.4 Å². The maximum atomic E-state index is 12.2. The predicted molar refractivity (Wildman–Crippen MR) is 86.2 cm³/mol. The van der Waals surface area contributed by atoms with E-state index in [9.17, 15) is 4.79 Å². The first kappa shape index (κ1) is 16.0. The highest BCUT2D eigenvalue weighted by molar-refractivity contribution is 5.82. The van der Waals surface area contributed by atoms with Gasteiger partial charge in [-0.1, -0.05) is 38.1 Å². The lowest BCUT2D eigenvalue weighted by Gasteiger charge is -2.25. The molecule has 1 heterocycles. The quantitative estimate of drug-likeness (QED) is 0.749. The van der Waals surface area contributed by atoms with Crippen molar-refractivity contribution in [3.63, 3.8) is 0 Å². The monoisotopic (exact) mass is 289 g/mol. The lowest BCUT2D eigenvalue weighted by molar-refractivity contribution is -0.123. The summed E-state index contributed by atoms with van der Waals surface area (Å²) in [6, 6.07) is 8.25. The number of carbonyl (C=O) groups excluding carboxylic acids is 1. The van der Waals surface area contributed by atoms with Crippen LogP contribution in [-0.2, 0) is 17.8 Å². The van der Waals surface area contributed by atoms with Crippen LogP contribution in [0.25, 0.3) is 0 Å². The third kappa shape index (κ3) is 4.55. The molecule has 1 aromatic carbocycles. The number of fused-ring (bicyclic) bond motifs is 1. The first-order valence-corrected chi connectivity index (χ1v) is 8.04. The minimum Gasteiger partial charge on any atom is -0.355 e. The Morgan fingerprint density at radius 1 is 1.29 bits per heavy atom. The summed E-state index contributed by atoms with van der Waals surface area (Å²) < 4.78 is 0. The van der Waals surface area contributed by atoms with Crippen LogP contribution < -0.4 is 10.6 Å². The summed E-state index contributed by atoms with van der Waals surface area (Å²) in [6.07, 6.45) is 1.80. The van der Waals surface area contributed by atoms with Crippen LogP contribution in [-0.4, -0.2) is 43.0 Å². The Kier molecular flexibility index (Phi) is 6.21. The van der Waals surface area contributed by atoms with Gasteiger partial charge in [0.1, 0.15) is 0 Å². The second-order valence-corrected chi connectivity index (χ2v) is 5.58. The summed E-state index contributed by atoms with van der Waals surface area (Å²) in [5, 5.41) is 6.38. The largest absolute Gasteiger partial charge is 0.355 e. The molecule has 0 saturated carbocycles. The van der Waals surface area contributed by atoms with Gasteiger partial charge < -0.3 is 15.5 Å². The number of nitrogens with one attached hydrogen (secondary N) is 2. The van der Waals surface area contributed by atoms with Gasteiger partial charge in [0.25, 0.3) is 0 Å². The van der Waals surface area contributed by atoms with E-state index in [1.165, 1.54) is 11.1 Å². The van der Waals surface area contributed by atoms with Crippen molar-refractivity contribution in [3.8, 4) is 0 Å². The third-order valence-electron chi connectivity index (χ3n) is 4.24. The van der Waals surface area contributed by atoms with Gasteiger partial charge in [0.05, 0.1) is 6.04 Å². The standard InChI is InChI=1S/C17H27N3O/c1-3-20(4-2)11-7-10-18-17(21)16-12-14-8-5-6-9-15(14)13-19-16/h5-6,8-9,16,19H,3-4,7,10-13H2,1-2H3,(H,18,21). The maximum Gasteiger partial charge on any atom is 0.237 e. The minimum absolute atomic E-state index is 0.0895. The summed E-state index contributed by atoms with van der Waals surface area (Å²) in [7, 11) is 0. The molecule has 2 N–H and O–H groups in total. The van der Waals surface area contributed by atoms with Crippen LogP contribution in [0, 0.1) is 0 Å². The SMILES string of the molecule is CCN(CC)CCCNC(=O)C1Cc2ccccc2CN1. The van der Waals surface area contributed by atoms with Gasteiger partial charge in [-0.15, -0.1) is 0 Å². The molecular weight excluding hydrogens is 262 g/mol. The van der Waals surface area contributed by atoms with Gasteiger partial charge in [-0.2, -0.15) is 0 Å². The predicted octanol–water partition coefficient (Wildman–Crippen LogP) is 1.55. The molecule has 2 rings (SSSR count). The van der Waals surface area contributed by atoms with E-state index in [1.54, 1.807) is 0 Å². The molecule has 1 atom stereocenters. The van der Waals surface area contributed by atoms with Gasteiger partial charge in [-0.25, -0.2) is 0 Å². The van der Waals surface area contributed by atoms with E-state index in [0.717, 1.165) is 45.6 Å². The smallest absolute Gasteiger partial charge is 0.237 e. The van der Waals surface area contributed by atoms with E-state index in [2.05, 4.69) is 41.5 Å². The van der Waals surface area contributed by atoms with Gasteiger partial charge in [-0.05, 0) is 43.6 Å². The van der Waals surface area contributed by atoms with Crippen molar-refractivity contribution in [2.24, 2.45) is 0 Å². The van der Waals surface area contributed by atoms with E-state index in [-0.39, 0.29) is 11.9 Å². The molecule has 0 saturated heterocycles. The molecule has 0 aliphatic carbocycles. The number of hydrogen-bond acceptors (Lipinski definition) is 3. The molecule has 0 aromatic heterocycles. The fourth-order valence-corrected chi connectivity index (χ4v) is 2.82. The number of rotatable bonds is 7. The Balaban J connectivity index is 1.73. The number of carbonyl (C=O) groups is 1. The van der Waals surface area contributed by atoms with Crippen LogP contribution >= 0.6 is 0 Å². The van der Waals surface area contributed by atoms with Crippen molar-refractivity contribution in [3.05, 3.63) is 35.4 Å². The number of hydrogen-bond donors (Lipinski definition) is 2. The van der Waals surface area contributed by atoms with E-state index in [0.29, 0.717) is 0 Å². The first-order chi connectivity index (χ1) is 10.2. The Bertz CT molecular complexity index is 457. The molecule has 116 valence electrons. The molecule has 1 aromatic rings. The topological polar surface area (TPSA) is 44.4 Å². The fraction of sp³-hybridized carbons (Fsp3) is 0.588. The Morgan fingerprint density at radius 2 is 2.00 bits per heavy atom. The van der Waals surface area contributed by atoms with Crippen LogP contribution in [0.3, 0.4) is 0 Å². The van der Waals surface area contributed by atoms with Crippen LogP contribution in [0.4, 0.5) is 0 Å². The van der Waals surface area contributed by atoms with Crippen LogP contribution in [0.5, 0.6) is 0 Å². The number of nitrogens with zero attached hydrogens (tertiary/aromatic N) is 1. The van der Waals surface area contributed by atoms with Crippen molar-refractivity contribution < 1.29 is 4.79 Å². The van der Waals surface area contributed by atoms with Crippen molar-refractivity contribution in [2.75, 3.05) is 26.2 Å². The van der Waals surface area contributed by atoms with Gasteiger partial charge in [0.15, 0.2) is 0 Å². The molecule has 1 unspecified atom stereocenters. The second kappa shape index (κ2) is 8.15. The van der Waals surface area contributed by atoms with E-state index >= 15 is 0 Å². The summed E-state index contributed by atoms with van der Waals surface area (Å²) in [6.45, 7) is 9.09. The summed E-state index contributed by atoms with van der Waals surface area (Å²) in [5.41, 5.74) is 2.60. The normalized spacial score (nSPS) is 17.6. The molecule has 21 heavy (non-hydrogen) atoms. The molecule has 0 radical (unpaired) electrons. The molecule has 0 bridgehead atoms. The average Bonchev–Trinajstić information content (AvgIpc) is 2.54. The minimum atomic E-state index is -0.0895. The fourth-order valence-electron chi connectivity index (χ4n) is 2.82. The number of amides is 1. The molecular formula is C17H27N3O. The Labute approximate surface area is 127 Å². The van der Waals surface area contributed by atoms with Crippen molar-refractivity contribution in [1.29, 1.82) is 0 Å². The molecule has 1 aliphatic heterocycles. The summed E-state index contributed by atoms with van der Waals surface area (Å²) in [4.78, 5) is 14.6. The van der Waals surface area contributed by atoms with Gasteiger partial charge in [0.2, 0.25) is 5.91 Å². The highest BCUT2D eigenvalue weighted by atomic mass is 16.2. The van der Waals surface area contributed by atoms with Crippen molar-refractivity contribution >= 4 is 5.91 Å². The molecule has 0 spiro atoms. The molecule has 4 nitrogen and oxygen atoms in total. The van der Waals surface area contributed by atoms with Gasteiger partial charge in [-0.3, -0.25) is 4.79 Å². The van der Waals surface area contributed by atoms with Crippen LogP contribution in [0.2, 0.25) is 0 Å². The zero-order valence-electron chi connectivity index (χ0n) is 13.2. The highest BCUT2D eigenvalue weighted by Gasteiger charge is 2.23. The first-order valence-electron chi connectivity index (χ1n) is 8.04.